The van der Waals surface area contributed by atoms with Gasteiger partial charge in [0.2, 0.25) is 5.91 Å². The van der Waals surface area contributed by atoms with Crippen LogP contribution < -0.4 is 10.6 Å². The number of anilines is 1. The van der Waals surface area contributed by atoms with Crippen LogP contribution in [0, 0.1) is 0 Å². The fourth-order valence-corrected chi connectivity index (χ4v) is 1.54. The highest BCUT2D eigenvalue weighted by molar-refractivity contribution is 7.80. The molecule has 1 aromatic rings. The van der Waals surface area contributed by atoms with E-state index in [0.29, 0.717) is 11.3 Å². The summed E-state index contributed by atoms with van der Waals surface area (Å²) in [6.45, 7) is 1.38. The second kappa shape index (κ2) is 6.11. The van der Waals surface area contributed by atoms with Gasteiger partial charge in [0.25, 0.3) is 5.91 Å². The van der Waals surface area contributed by atoms with E-state index in [1.54, 1.807) is 38.4 Å². The summed E-state index contributed by atoms with van der Waals surface area (Å²) in [7, 11) is 3.39. The molecule has 0 unspecified atom stereocenters. The van der Waals surface area contributed by atoms with Crippen molar-refractivity contribution in [1.29, 1.82) is 0 Å². The predicted molar refractivity (Wildman–Crippen MR) is 74.5 cm³/mol. The Morgan fingerprint density at radius 2 is 1.72 bits per heavy atom. The van der Waals surface area contributed by atoms with Crippen molar-refractivity contribution < 1.29 is 9.59 Å². The highest BCUT2D eigenvalue weighted by Crippen LogP contribution is 2.10. The Balaban J connectivity index is 2.69. The number of nitrogens with zero attached hydrogens (tertiary/aromatic N) is 1. The van der Waals surface area contributed by atoms with E-state index < -0.39 is 0 Å². The van der Waals surface area contributed by atoms with Crippen molar-refractivity contribution >= 4 is 34.8 Å². The van der Waals surface area contributed by atoms with Crippen molar-refractivity contribution in [3.63, 3.8) is 0 Å². The molecule has 1 rings (SSSR count). The van der Waals surface area contributed by atoms with Gasteiger partial charge in [-0.1, -0.05) is 0 Å². The maximum Gasteiger partial charge on any atom is 0.253 e. The van der Waals surface area contributed by atoms with Crippen LogP contribution in [0.25, 0.3) is 0 Å². The molecule has 0 aliphatic rings. The number of nitrogens with one attached hydrogen (secondary N) is 2. The number of rotatable bonds is 2. The quantitative estimate of drug-likeness (QED) is 0.789. The van der Waals surface area contributed by atoms with Gasteiger partial charge in [-0.2, -0.15) is 0 Å². The van der Waals surface area contributed by atoms with E-state index in [-0.39, 0.29) is 16.9 Å². The van der Waals surface area contributed by atoms with Crippen molar-refractivity contribution in [3.8, 4) is 0 Å². The van der Waals surface area contributed by atoms with E-state index in [1.807, 2.05) is 0 Å². The minimum Gasteiger partial charge on any atom is -0.345 e. The van der Waals surface area contributed by atoms with E-state index >= 15 is 0 Å². The third kappa shape index (κ3) is 4.14. The molecule has 96 valence electrons. The maximum absolute atomic E-state index is 11.6. The first-order valence-electron chi connectivity index (χ1n) is 5.30. The van der Waals surface area contributed by atoms with Gasteiger partial charge in [0.1, 0.15) is 0 Å². The summed E-state index contributed by atoms with van der Waals surface area (Å²) in [6, 6.07) is 6.85. The van der Waals surface area contributed by atoms with Crippen LogP contribution in [-0.2, 0) is 4.79 Å². The molecule has 0 saturated heterocycles. The molecule has 0 aromatic heterocycles. The second-order valence-corrected chi connectivity index (χ2v) is 4.32. The maximum atomic E-state index is 11.6. The summed E-state index contributed by atoms with van der Waals surface area (Å²) in [6.07, 6.45) is 0. The molecule has 0 aliphatic carbocycles. The Labute approximate surface area is 111 Å². The highest BCUT2D eigenvalue weighted by atomic mass is 32.1. The smallest absolute Gasteiger partial charge is 0.253 e. The zero-order chi connectivity index (χ0) is 13.7. The third-order valence-corrected chi connectivity index (χ3v) is 2.29. The first-order valence-corrected chi connectivity index (χ1v) is 5.71. The van der Waals surface area contributed by atoms with Crippen molar-refractivity contribution in [3.05, 3.63) is 29.8 Å². The summed E-state index contributed by atoms with van der Waals surface area (Å²) in [5.41, 5.74) is 1.31. The van der Waals surface area contributed by atoms with E-state index in [4.69, 9.17) is 12.2 Å². The normalized spacial score (nSPS) is 9.50. The van der Waals surface area contributed by atoms with Crippen molar-refractivity contribution in [2.45, 2.75) is 6.92 Å². The van der Waals surface area contributed by atoms with Crippen LogP contribution in [0.1, 0.15) is 17.3 Å². The average Bonchev–Trinajstić information content (AvgIpc) is 2.27. The van der Waals surface area contributed by atoms with Crippen LogP contribution in [0.5, 0.6) is 0 Å². The van der Waals surface area contributed by atoms with E-state index in [1.165, 1.54) is 11.8 Å². The summed E-state index contributed by atoms with van der Waals surface area (Å²) < 4.78 is 0. The number of hydrogen-bond acceptors (Lipinski definition) is 3. The van der Waals surface area contributed by atoms with Crippen LogP contribution in [0.2, 0.25) is 0 Å². The Morgan fingerprint density at radius 3 is 2.17 bits per heavy atom. The number of amides is 2. The van der Waals surface area contributed by atoms with Gasteiger partial charge in [0.15, 0.2) is 5.11 Å². The van der Waals surface area contributed by atoms with Crippen LogP contribution >= 0.6 is 12.2 Å². The molecular formula is C12H15N3O2S. The molecule has 1 aromatic carbocycles. The summed E-state index contributed by atoms with van der Waals surface area (Å²) in [4.78, 5) is 23.9. The second-order valence-electron chi connectivity index (χ2n) is 3.91. The Morgan fingerprint density at radius 1 is 1.17 bits per heavy atom. The van der Waals surface area contributed by atoms with E-state index in [9.17, 15) is 9.59 Å². The van der Waals surface area contributed by atoms with Crippen molar-refractivity contribution in [2.75, 3.05) is 19.4 Å². The molecule has 0 heterocycles. The van der Waals surface area contributed by atoms with Crippen LogP contribution in [-0.4, -0.2) is 35.9 Å². The lowest BCUT2D eigenvalue weighted by atomic mass is 10.2. The number of carbonyl (C=O) groups excluding carboxylic acids is 2. The minimum absolute atomic E-state index is 0.0639. The Hall–Kier alpha value is -1.95. The molecule has 0 fully saturated rings. The first-order chi connectivity index (χ1) is 8.40. The lowest BCUT2D eigenvalue weighted by Crippen LogP contribution is -2.32. The standard InChI is InChI=1S/C12H15N3O2S/c1-8(16)13-12(18)14-10-6-4-9(5-7-10)11(17)15(2)3/h4-7H,1-3H3,(H2,13,14,16,18). The summed E-state index contributed by atoms with van der Waals surface area (Å²) in [5.74, 6) is -0.294. The third-order valence-electron chi connectivity index (χ3n) is 2.09. The molecule has 5 nitrogen and oxygen atoms in total. The fraction of sp³-hybridized carbons (Fsp3) is 0.250. The minimum atomic E-state index is -0.230. The number of benzene rings is 1. The SMILES string of the molecule is CC(=O)NC(=S)Nc1ccc(C(=O)N(C)C)cc1. The lowest BCUT2D eigenvalue weighted by Gasteiger charge is -2.11. The zero-order valence-corrected chi connectivity index (χ0v) is 11.3. The van der Waals surface area contributed by atoms with Crippen LogP contribution in [0.3, 0.4) is 0 Å². The summed E-state index contributed by atoms with van der Waals surface area (Å²) in [5, 5.41) is 5.53. The lowest BCUT2D eigenvalue weighted by molar-refractivity contribution is -0.117. The summed E-state index contributed by atoms with van der Waals surface area (Å²) >= 11 is 4.92. The van der Waals surface area contributed by atoms with Gasteiger partial charge < -0.3 is 15.5 Å². The molecule has 0 atom stereocenters. The monoisotopic (exact) mass is 265 g/mol. The largest absolute Gasteiger partial charge is 0.345 e. The van der Waals surface area contributed by atoms with E-state index in [0.717, 1.165) is 0 Å². The van der Waals surface area contributed by atoms with Gasteiger partial charge in [0, 0.05) is 32.3 Å². The van der Waals surface area contributed by atoms with Crippen LogP contribution in [0.15, 0.2) is 24.3 Å². The molecule has 0 saturated carbocycles. The van der Waals surface area contributed by atoms with Crippen molar-refractivity contribution in [2.24, 2.45) is 0 Å². The molecule has 6 heteroatoms. The number of hydrogen-bond donors (Lipinski definition) is 2. The van der Waals surface area contributed by atoms with Gasteiger partial charge in [-0.05, 0) is 36.5 Å². The average molecular weight is 265 g/mol. The highest BCUT2D eigenvalue weighted by Gasteiger charge is 2.07. The van der Waals surface area contributed by atoms with Gasteiger partial charge in [-0.25, -0.2) is 0 Å². The molecule has 2 N–H and O–H groups in total. The molecule has 0 radical (unpaired) electrons. The fourth-order valence-electron chi connectivity index (χ4n) is 1.28. The topological polar surface area (TPSA) is 61.4 Å². The van der Waals surface area contributed by atoms with Gasteiger partial charge in [-0.15, -0.1) is 0 Å². The molecule has 0 aliphatic heterocycles. The molecule has 0 bridgehead atoms. The molecule has 18 heavy (non-hydrogen) atoms. The van der Waals surface area contributed by atoms with Crippen molar-refractivity contribution in [1.82, 2.24) is 10.2 Å². The van der Waals surface area contributed by atoms with Gasteiger partial charge in [-0.3, -0.25) is 9.59 Å². The number of carbonyl (C=O) groups is 2. The Kier molecular flexibility index (Phi) is 4.79. The number of thiocarbonyl (C=S) groups is 1. The van der Waals surface area contributed by atoms with Crippen LogP contribution in [0.4, 0.5) is 5.69 Å². The van der Waals surface area contributed by atoms with Gasteiger partial charge in [0.05, 0.1) is 0 Å². The molecular weight excluding hydrogens is 250 g/mol. The molecule has 2 amide bonds. The predicted octanol–water partition coefficient (Wildman–Crippen LogP) is 1.22. The zero-order valence-electron chi connectivity index (χ0n) is 10.5. The van der Waals surface area contributed by atoms with E-state index in [2.05, 4.69) is 10.6 Å². The van der Waals surface area contributed by atoms with Gasteiger partial charge >= 0.3 is 0 Å². The first kappa shape index (κ1) is 14.1. The Bertz CT molecular complexity index is 469. The molecule has 0 spiro atoms.